The molecule has 1 aromatic carbocycles. The average molecular weight is 437 g/mol. The van der Waals surface area contributed by atoms with Crippen LogP contribution in [0.1, 0.15) is 17.0 Å². The molecule has 146 valence electrons. The summed E-state index contributed by atoms with van der Waals surface area (Å²) in [5, 5.41) is 3.07. The number of esters is 1. The van der Waals surface area contributed by atoms with Gasteiger partial charge in [0.15, 0.2) is 5.82 Å². The van der Waals surface area contributed by atoms with Crippen LogP contribution < -0.4 is 9.80 Å². The second-order valence-corrected chi connectivity index (χ2v) is 8.15. The van der Waals surface area contributed by atoms with Gasteiger partial charge in [-0.05, 0) is 36.1 Å². The van der Waals surface area contributed by atoms with Crippen LogP contribution in [-0.2, 0) is 4.74 Å². The van der Waals surface area contributed by atoms with Gasteiger partial charge in [0.1, 0.15) is 0 Å². The molecule has 0 radical (unpaired) electrons. The highest BCUT2D eigenvalue weighted by Gasteiger charge is 2.22. The topological polar surface area (TPSA) is 58.6 Å². The standard InChI is InChI=1S/C19H18Cl2N4O2S/c1-27-19(26)17-22-15-5-10-28-16(15)18(23-17)25-7-2-6-24(8-9-25)12-3-4-13(20)14(21)11-12/h3-5,10-11H,2,6-9H2,1H3. The van der Waals surface area contributed by atoms with Gasteiger partial charge in [-0.15, -0.1) is 11.3 Å². The van der Waals surface area contributed by atoms with Crippen LogP contribution >= 0.6 is 34.5 Å². The first kappa shape index (κ1) is 19.2. The Morgan fingerprint density at radius 2 is 1.86 bits per heavy atom. The molecule has 0 amide bonds. The van der Waals surface area contributed by atoms with E-state index in [0.29, 0.717) is 10.0 Å². The van der Waals surface area contributed by atoms with Gasteiger partial charge in [0, 0.05) is 31.9 Å². The molecule has 0 spiro atoms. The van der Waals surface area contributed by atoms with Crippen molar-refractivity contribution in [2.24, 2.45) is 0 Å². The number of thiophene rings is 1. The molecule has 9 heteroatoms. The van der Waals surface area contributed by atoms with E-state index in [0.717, 1.165) is 54.3 Å². The van der Waals surface area contributed by atoms with Crippen LogP contribution in [-0.4, -0.2) is 49.2 Å². The Bertz CT molecular complexity index is 1030. The van der Waals surface area contributed by atoms with Crippen molar-refractivity contribution in [3.05, 3.63) is 45.5 Å². The van der Waals surface area contributed by atoms with Crippen LogP contribution in [0.3, 0.4) is 0 Å². The van der Waals surface area contributed by atoms with Crippen LogP contribution in [0, 0.1) is 0 Å². The molecule has 3 aromatic rings. The maximum atomic E-state index is 12.0. The van der Waals surface area contributed by atoms with E-state index < -0.39 is 5.97 Å². The molecule has 1 aliphatic rings. The van der Waals surface area contributed by atoms with Crippen molar-refractivity contribution in [3.63, 3.8) is 0 Å². The summed E-state index contributed by atoms with van der Waals surface area (Å²) >= 11 is 13.8. The highest BCUT2D eigenvalue weighted by Crippen LogP contribution is 2.31. The number of hydrogen-bond donors (Lipinski definition) is 0. The molecule has 0 unspecified atom stereocenters. The van der Waals surface area contributed by atoms with Gasteiger partial charge >= 0.3 is 5.97 Å². The summed E-state index contributed by atoms with van der Waals surface area (Å²) in [6.45, 7) is 3.31. The molecule has 0 saturated carbocycles. The first-order chi connectivity index (χ1) is 13.6. The number of aromatic nitrogens is 2. The maximum Gasteiger partial charge on any atom is 0.376 e. The largest absolute Gasteiger partial charge is 0.463 e. The van der Waals surface area contributed by atoms with Crippen LogP contribution in [0.15, 0.2) is 29.6 Å². The molecule has 1 aliphatic heterocycles. The van der Waals surface area contributed by atoms with Crippen LogP contribution in [0.25, 0.3) is 10.2 Å². The van der Waals surface area contributed by atoms with Crippen molar-refractivity contribution >= 4 is 62.2 Å². The number of halogens is 2. The van der Waals surface area contributed by atoms with E-state index in [-0.39, 0.29) is 5.82 Å². The summed E-state index contributed by atoms with van der Waals surface area (Å²) in [4.78, 5) is 25.3. The zero-order valence-corrected chi connectivity index (χ0v) is 17.5. The number of anilines is 2. The Balaban J connectivity index is 1.61. The third-order valence-electron chi connectivity index (χ3n) is 4.72. The van der Waals surface area contributed by atoms with Gasteiger partial charge in [-0.1, -0.05) is 23.2 Å². The fourth-order valence-electron chi connectivity index (χ4n) is 3.31. The van der Waals surface area contributed by atoms with Crippen molar-refractivity contribution in [3.8, 4) is 0 Å². The number of methoxy groups -OCH3 is 1. The average Bonchev–Trinajstić information content (AvgIpc) is 3.05. The predicted molar refractivity (Wildman–Crippen MR) is 114 cm³/mol. The number of ether oxygens (including phenoxy) is 1. The van der Waals surface area contributed by atoms with Crippen molar-refractivity contribution in [2.75, 3.05) is 43.1 Å². The molecular formula is C19H18Cl2N4O2S. The minimum absolute atomic E-state index is 0.0917. The Kier molecular flexibility index (Phi) is 5.57. The van der Waals surface area contributed by atoms with Crippen molar-refractivity contribution in [2.45, 2.75) is 6.42 Å². The highest BCUT2D eigenvalue weighted by molar-refractivity contribution is 7.17. The minimum atomic E-state index is -0.526. The number of fused-ring (bicyclic) bond motifs is 1. The quantitative estimate of drug-likeness (QED) is 0.563. The molecule has 28 heavy (non-hydrogen) atoms. The summed E-state index contributed by atoms with van der Waals surface area (Å²) in [5.74, 6) is 0.354. The third kappa shape index (κ3) is 3.74. The number of rotatable bonds is 3. The number of nitrogens with zero attached hydrogens (tertiary/aromatic N) is 4. The van der Waals surface area contributed by atoms with E-state index in [1.165, 1.54) is 7.11 Å². The van der Waals surface area contributed by atoms with Crippen molar-refractivity contribution < 1.29 is 9.53 Å². The Hall–Kier alpha value is -2.09. The molecule has 1 saturated heterocycles. The number of benzene rings is 1. The van der Waals surface area contributed by atoms with Crippen LogP contribution in [0.2, 0.25) is 10.0 Å². The summed E-state index contributed by atoms with van der Waals surface area (Å²) in [6, 6.07) is 7.61. The zero-order chi connectivity index (χ0) is 19.7. The van der Waals surface area contributed by atoms with Crippen LogP contribution in [0.5, 0.6) is 0 Å². The lowest BCUT2D eigenvalue weighted by molar-refractivity contribution is 0.0587. The van der Waals surface area contributed by atoms with Gasteiger partial charge < -0.3 is 14.5 Å². The molecule has 1 fully saturated rings. The number of carbonyl (C=O) groups is 1. The third-order valence-corrected chi connectivity index (χ3v) is 6.36. The molecule has 0 atom stereocenters. The van der Waals surface area contributed by atoms with E-state index >= 15 is 0 Å². The summed E-state index contributed by atoms with van der Waals surface area (Å²) < 4.78 is 5.80. The first-order valence-corrected chi connectivity index (χ1v) is 10.5. The highest BCUT2D eigenvalue weighted by atomic mass is 35.5. The smallest absolute Gasteiger partial charge is 0.376 e. The molecule has 6 nitrogen and oxygen atoms in total. The van der Waals surface area contributed by atoms with E-state index in [4.69, 9.17) is 27.9 Å². The van der Waals surface area contributed by atoms with Gasteiger partial charge in [0.05, 0.1) is 27.4 Å². The minimum Gasteiger partial charge on any atom is -0.463 e. The van der Waals surface area contributed by atoms with E-state index in [9.17, 15) is 4.79 Å². The van der Waals surface area contributed by atoms with E-state index in [1.54, 1.807) is 11.3 Å². The zero-order valence-electron chi connectivity index (χ0n) is 15.2. The lowest BCUT2D eigenvalue weighted by atomic mass is 10.2. The monoisotopic (exact) mass is 436 g/mol. The normalized spacial score (nSPS) is 15.0. The second-order valence-electron chi connectivity index (χ2n) is 6.42. The molecule has 0 aliphatic carbocycles. The molecule has 3 heterocycles. The fraction of sp³-hybridized carbons (Fsp3) is 0.316. The summed E-state index contributed by atoms with van der Waals surface area (Å²) in [6.07, 6.45) is 0.949. The van der Waals surface area contributed by atoms with Gasteiger partial charge in [-0.2, -0.15) is 0 Å². The molecule has 2 aromatic heterocycles. The van der Waals surface area contributed by atoms with Gasteiger partial charge in [-0.25, -0.2) is 14.8 Å². The number of hydrogen-bond acceptors (Lipinski definition) is 7. The van der Waals surface area contributed by atoms with E-state index in [1.807, 2.05) is 29.6 Å². The van der Waals surface area contributed by atoms with Crippen LogP contribution in [0.4, 0.5) is 11.5 Å². The predicted octanol–water partition coefficient (Wildman–Crippen LogP) is 4.50. The molecule has 4 rings (SSSR count). The lowest BCUT2D eigenvalue weighted by Crippen LogP contribution is -2.31. The molecular weight excluding hydrogens is 419 g/mol. The Morgan fingerprint density at radius 3 is 2.64 bits per heavy atom. The molecule has 0 N–H and O–H groups in total. The fourth-order valence-corrected chi connectivity index (χ4v) is 4.45. The SMILES string of the molecule is COC(=O)c1nc(N2CCCN(c3ccc(Cl)c(Cl)c3)CC2)c2sccc2n1. The lowest BCUT2D eigenvalue weighted by Gasteiger charge is -2.25. The van der Waals surface area contributed by atoms with Gasteiger partial charge in [0.2, 0.25) is 5.82 Å². The first-order valence-electron chi connectivity index (χ1n) is 8.85. The van der Waals surface area contributed by atoms with E-state index in [2.05, 4.69) is 19.8 Å². The van der Waals surface area contributed by atoms with Crippen molar-refractivity contribution in [1.82, 2.24) is 9.97 Å². The van der Waals surface area contributed by atoms with Gasteiger partial charge in [0.25, 0.3) is 0 Å². The number of carbonyl (C=O) groups excluding carboxylic acids is 1. The summed E-state index contributed by atoms with van der Waals surface area (Å²) in [5.41, 5.74) is 1.82. The molecule has 0 bridgehead atoms. The van der Waals surface area contributed by atoms with Gasteiger partial charge in [-0.3, -0.25) is 0 Å². The summed E-state index contributed by atoms with van der Waals surface area (Å²) in [7, 11) is 1.34. The van der Waals surface area contributed by atoms with Crippen molar-refractivity contribution in [1.29, 1.82) is 0 Å². The second kappa shape index (κ2) is 8.11. The Labute approximate surface area is 176 Å². The maximum absolute atomic E-state index is 12.0. The Morgan fingerprint density at radius 1 is 1.07 bits per heavy atom.